The highest BCUT2D eigenvalue weighted by Crippen LogP contribution is 2.25. The Morgan fingerprint density at radius 3 is 2.24 bits per heavy atom. The van der Waals surface area contributed by atoms with Gasteiger partial charge in [-0.15, -0.1) is 0 Å². The van der Waals surface area contributed by atoms with Gasteiger partial charge in [-0.3, -0.25) is 4.98 Å². The van der Waals surface area contributed by atoms with Crippen LogP contribution in [0.15, 0.2) is 42.6 Å². The first kappa shape index (κ1) is 15.6. The molecule has 0 spiro atoms. The number of pyridine rings is 1. The highest BCUT2D eigenvalue weighted by Gasteiger charge is 2.09. The SMILES string of the molecule is CCCOc1ccc(C(C)c2ccc(CCC)nc2)cc1. The highest BCUT2D eigenvalue weighted by molar-refractivity contribution is 5.34. The zero-order valence-corrected chi connectivity index (χ0v) is 13.3. The van der Waals surface area contributed by atoms with Crippen molar-refractivity contribution < 1.29 is 4.74 Å². The fourth-order valence-corrected chi connectivity index (χ4v) is 2.36. The average Bonchev–Trinajstić information content (AvgIpc) is 2.54. The molecule has 1 aromatic heterocycles. The Kier molecular flexibility index (Phi) is 5.79. The van der Waals surface area contributed by atoms with Crippen LogP contribution >= 0.6 is 0 Å². The van der Waals surface area contributed by atoms with E-state index in [0.717, 1.165) is 31.6 Å². The van der Waals surface area contributed by atoms with E-state index in [4.69, 9.17) is 4.74 Å². The van der Waals surface area contributed by atoms with Crippen molar-refractivity contribution >= 4 is 0 Å². The molecule has 0 fully saturated rings. The van der Waals surface area contributed by atoms with Crippen LogP contribution in [0.5, 0.6) is 5.75 Å². The summed E-state index contributed by atoms with van der Waals surface area (Å²) in [4.78, 5) is 4.55. The fraction of sp³-hybridized carbons (Fsp3) is 0.421. The standard InChI is InChI=1S/C19H25NO/c1-4-6-18-10-7-17(14-20-18)15(3)16-8-11-19(12-9-16)21-13-5-2/h7-12,14-15H,4-6,13H2,1-3H3. The van der Waals surface area contributed by atoms with Gasteiger partial charge in [-0.2, -0.15) is 0 Å². The van der Waals surface area contributed by atoms with Gasteiger partial charge in [0.25, 0.3) is 0 Å². The van der Waals surface area contributed by atoms with Gasteiger partial charge < -0.3 is 4.74 Å². The van der Waals surface area contributed by atoms with Gasteiger partial charge in [0.2, 0.25) is 0 Å². The van der Waals surface area contributed by atoms with E-state index in [9.17, 15) is 0 Å². The van der Waals surface area contributed by atoms with Crippen molar-refractivity contribution in [1.82, 2.24) is 4.98 Å². The zero-order chi connectivity index (χ0) is 15.1. The first-order valence-corrected chi connectivity index (χ1v) is 7.92. The molecule has 2 nitrogen and oxygen atoms in total. The summed E-state index contributed by atoms with van der Waals surface area (Å²) in [6.45, 7) is 7.29. The normalized spacial score (nSPS) is 12.1. The van der Waals surface area contributed by atoms with Gasteiger partial charge in [-0.05, 0) is 42.2 Å². The van der Waals surface area contributed by atoms with Crippen molar-refractivity contribution in [2.24, 2.45) is 0 Å². The number of nitrogens with zero attached hydrogens (tertiary/aromatic N) is 1. The van der Waals surface area contributed by atoms with Crippen LogP contribution in [0.4, 0.5) is 0 Å². The number of benzene rings is 1. The maximum absolute atomic E-state index is 5.63. The van der Waals surface area contributed by atoms with E-state index in [0.29, 0.717) is 5.92 Å². The van der Waals surface area contributed by atoms with Gasteiger partial charge in [-0.1, -0.05) is 45.4 Å². The molecule has 112 valence electrons. The molecule has 0 saturated carbocycles. The van der Waals surface area contributed by atoms with Crippen LogP contribution in [0.25, 0.3) is 0 Å². The molecule has 0 aliphatic rings. The lowest BCUT2D eigenvalue weighted by Crippen LogP contribution is -1.99. The number of ether oxygens (including phenoxy) is 1. The monoisotopic (exact) mass is 283 g/mol. The van der Waals surface area contributed by atoms with Gasteiger partial charge in [-0.25, -0.2) is 0 Å². The molecule has 0 amide bonds. The Hall–Kier alpha value is -1.83. The first-order valence-electron chi connectivity index (χ1n) is 7.92. The van der Waals surface area contributed by atoms with Gasteiger partial charge in [0.05, 0.1) is 6.61 Å². The lowest BCUT2D eigenvalue weighted by molar-refractivity contribution is 0.317. The second-order valence-electron chi connectivity index (χ2n) is 5.47. The molecule has 0 N–H and O–H groups in total. The van der Waals surface area contributed by atoms with E-state index in [-0.39, 0.29) is 0 Å². The van der Waals surface area contributed by atoms with E-state index in [1.807, 2.05) is 6.20 Å². The largest absolute Gasteiger partial charge is 0.494 e. The van der Waals surface area contributed by atoms with Crippen LogP contribution in [0, 0.1) is 0 Å². The van der Waals surface area contributed by atoms with Crippen LogP contribution in [0.2, 0.25) is 0 Å². The Balaban J connectivity index is 2.06. The summed E-state index contributed by atoms with van der Waals surface area (Å²) >= 11 is 0. The minimum absolute atomic E-state index is 0.355. The molecule has 1 aromatic carbocycles. The minimum Gasteiger partial charge on any atom is -0.494 e. The molecule has 1 atom stereocenters. The number of aromatic nitrogens is 1. The zero-order valence-electron chi connectivity index (χ0n) is 13.3. The van der Waals surface area contributed by atoms with E-state index in [2.05, 4.69) is 62.2 Å². The summed E-state index contributed by atoms with van der Waals surface area (Å²) in [5.41, 5.74) is 3.73. The maximum Gasteiger partial charge on any atom is 0.119 e. The third-order valence-electron chi connectivity index (χ3n) is 3.71. The minimum atomic E-state index is 0.355. The second-order valence-corrected chi connectivity index (χ2v) is 5.47. The lowest BCUT2D eigenvalue weighted by Gasteiger charge is -2.13. The van der Waals surface area contributed by atoms with Gasteiger partial charge in [0.1, 0.15) is 5.75 Å². The van der Waals surface area contributed by atoms with Crippen molar-refractivity contribution in [3.8, 4) is 5.75 Å². The maximum atomic E-state index is 5.63. The van der Waals surface area contributed by atoms with E-state index in [1.165, 1.54) is 16.8 Å². The van der Waals surface area contributed by atoms with Crippen LogP contribution in [0.3, 0.4) is 0 Å². The molecule has 2 rings (SSSR count). The smallest absolute Gasteiger partial charge is 0.119 e. The van der Waals surface area contributed by atoms with Gasteiger partial charge in [0.15, 0.2) is 0 Å². The number of hydrogen-bond donors (Lipinski definition) is 0. The summed E-state index contributed by atoms with van der Waals surface area (Å²) in [6.07, 6.45) is 5.24. The summed E-state index contributed by atoms with van der Waals surface area (Å²) in [5, 5.41) is 0. The molecule has 0 aliphatic heterocycles. The molecule has 1 heterocycles. The Bertz CT molecular complexity index is 530. The third-order valence-corrected chi connectivity index (χ3v) is 3.71. The van der Waals surface area contributed by atoms with Crippen LogP contribution in [0.1, 0.15) is 56.4 Å². The molecule has 0 aliphatic carbocycles. The Morgan fingerprint density at radius 1 is 0.952 bits per heavy atom. The Labute approximate surface area is 128 Å². The molecular formula is C19H25NO. The van der Waals surface area contributed by atoms with E-state index < -0.39 is 0 Å². The quantitative estimate of drug-likeness (QED) is 0.715. The number of aryl methyl sites for hydroxylation is 1. The van der Waals surface area contributed by atoms with Crippen molar-refractivity contribution in [2.75, 3.05) is 6.61 Å². The van der Waals surface area contributed by atoms with E-state index >= 15 is 0 Å². The summed E-state index contributed by atoms with van der Waals surface area (Å²) in [5.74, 6) is 1.30. The average molecular weight is 283 g/mol. The molecule has 21 heavy (non-hydrogen) atoms. The topological polar surface area (TPSA) is 22.1 Å². The summed E-state index contributed by atoms with van der Waals surface area (Å²) in [7, 11) is 0. The van der Waals surface area contributed by atoms with Crippen LogP contribution < -0.4 is 4.74 Å². The van der Waals surface area contributed by atoms with Crippen molar-refractivity contribution in [2.45, 2.75) is 46.0 Å². The fourth-order valence-electron chi connectivity index (χ4n) is 2.36. The van der Waals surface area contributed by atoms with E-state index in [1.54, 1.807) is 0 Å². The third kappa shape index (κ3) is 4.32. The second kappa shape index (κ2) is 7.82. The molecule has 0 bridgehead atoms. The van der Waals surface area contributed by atoms with Crippen molar-refractivity contribution in [1.29, 1.82) is 0 Å². The summed E-state index contributed by atoms with van der Waals surface area (Å²) in [6, 6.07) is 12.8. The highest BCUT2D eigenvalue weighted by atomic mass is 16.5. The first-order chi connectivity index (χ1) is 10.2. The predicted octanol–water partition coefficient (Wildman–Crippen LogP) is 4.97. The molecule has 0 radical (unpaired) electrons. The number of rotatable bonds is 7. The van der Waals surface area contributed by atoms with Crippen LogP contribution in [-0.2, 0) is 6.42 Å². The lowest BCUT2D eigenvalue weighted by atomic mass is 9.94. The summed E-state index contributed by atoms with van der Waals surface area (Å²) < 4.78 is 5.63. The number of hydrogen-bond acceptors (Lipinski definition) is 2. The molecule has 2 aromatic rings. The van der Waals surface area contributed by atoms with Crippen molar-refractivity contribution in [3.05, 3.63) is 59.4 Å². The molecular weight excluding hydrogens is 258 g/mol. The molecule has 1 unspecified atom stereocenters. The molecule has 0 saturated heterocycles. The predicted molar refractivity (Wildman–Crippen MR) is 88.0 cm³/mol. The Morgan fingerprint density at radius 2 is 1.67 bits per heavy atom. The van der Waals surface area contributed by atoms with Crippen molar-refractivity contribution in [3.63, 3.8) is 0 Å². The molecule has 2 heteroatoms. The van der Waals surface area contributed by atoms with Gasteiger partial charge in [0, 0.05) is 17.8 Å². The van der Waals surface area contributed by atoms with Crippen LogP contribution in [-0.4, -0.2) is 11.6 Å². The van der Waals surface area contributed by atoms with Gasteiger partial charge >= 0.3 is 0 Å².